The van der Waals surface area contributed by atoms with E-state index in [1.54, 1.807) is 6.07 Å². The predicted octanol–water partition coefficient (Wildman–Crippen LogP) is 4.67. The molecule has 0 unspecified atom stereocenters. The summed E-state index contributed by atoms with van der Waals surface area (Å²) in [4.78, 5) is 13.1. The zero-order chi connectivity index (χ0) is 24.0. The van der Waals surface area contributed by atoms with Crippen molar-refractivity contribution in [3.8, 4) is 11.5 Å². The lowest BCUT2D eigenvalue weighted by atomic mass is 9.95. The van der Waals surface area contributed by atoms with Crippen LogP contribution in [0.15, 0.2) is 51.8 Å². The molecule has 0 bridgehead atoms. The van der Waals surface area contributed by atoms with Crippen molar-refractivity contribution in [3.63, 3.8) is 0 Å². The lowest BCUT2D eigenvalue weighted by molar-refractivity contribution is -0.122. The summed E-state index contributed by atoms with van der Waals surface area (Å²) in [5.74, 6) is 0.442. The van der Waals surface area contributed by atoms with Crippen LogP contribution in [0.5, 0.6) is 11.5 Å². The molecule has 0 heterocycles. The zero-order valence-corrected chi connectivity index (χ0v) is 21.6. The fourth-order valence-corrected chi connectivity index (χ4v) is 6.08. The van der Waals surface area contributed by atoms with Gasteiger partial charge in [0.2, 0.25) is 15.9 Å². The number of hydrogen-bond acceptors (Lipinski definition) is 5. The van der Waals surface area contributed by atoms with Gasteiger partial charge >= 0.3 is 0 Å². The SMILES string of the molecule is COc1ccc(S(=O)(=O)N(CC(=O)N[C@@H](C)c2ccc(Br)cc2)C2CCCCC2)cc1OC. The van der Waals surface area contributed by atoms with Gasteiger partial charge in [-0.15, -0.1) is 0 Å². The van der Waals surface area contributed by atoms with Crippen molar-refractivity contribution in [2.45, 2.75) is 56.0 Å². The molecule has 1 amide bonds. The van der Waals surface area contributed by atoms with Gasteiger partial charge in [-0.25, -0.2) is 8.42 Å². The number of carbonyl (C=O) groups is 1. The van der Waals surface area contributed by atoms with E-state index >= 15 is 0 Å². The monoisotopic (exact) mass is 538 g/mol. The second kappa shape index (κ2) is 11.4. The quantitative estimate of drug-likeness (QED) is 0.501. The minimum absolute atomic E-state index is 0.0829. The van der Waals surface area contributed by atoms with E-state index in [9.17, 15) is 13.2 Å². The zero-order valence-electron chi connectivity index (χ0n) is 19.2. The highest BCUT2D eigenvalue weighted by Gasteiger charge is 2.34. The van der Waals surface area contributed by atoms with Crippen LogP contribution in [0, 0.1) is 0 Å². The third-order valence-electron chi connectivity index (χ3n) is 5.99. The predicted molar refractivity (Wildman–Crippen MR) is 131 cm³/mol. The lowest BCUT2D eigenvalue weighted by Crippen LogP contribution is -2.47. The molecule has 7 nitrogen and oxygen atoms in total. The van der Waals surface area contributed by atoms with E-state index in [0.717, 1.165) is 42.1 Å². The van der Waals surface area contributed by atoms with Crippen LogP contribution in [0.25, 0.3) is 0 Å². The van der Waals surface area contributed by atoms with Crippen molar-refractivity contribution in [3.05, 3.63) is 52.5 Å². The van der Waals surface area contributed by atoms with Crippen LogP contribution in [-0.4, -0.2) is 45.4 Å². The highest BCUT2D eigenvalue weighted by atomic mass is 79.9. The Hall–Kier alpha value is -2.10. The fraction of sp³-hybridized carbons (Fsp3) is 0.458. The Balaban J connectivity index is 1.85. The fourth-order valence-electron chi connectivity index (χ4n) is 4.16. The molecular formula is C24H31BrN2O5S. The van der Waals surface area contributed by atoms with Crippen LogP contribution < -0.4 is 14.8 Å². The van der Waals surface area contributed by atoms with Crippen molar-refractivity contribution < 1.29 is 22.7 Å². The Labute approximate surface area is 204 Å². The molecule has 0 aliphatic heterocycles. The first-order valence-corrected chi connectivity index (χ1v) is 13.3. The first-order chi connectivity index (χ1) is 15.8. The maximum Gasteiger partial charge on any atom is 0.243 e. The number of nitrogens with one attached hydrogen (secondary N) is 1. The molecule has 1 N–H and O–H groups in total. The smallest absolute Gasteiger partial charge is 0.243 e. The molecule has 1 atom stereocenters. The van der Waals surface area contributed by atoms with Gasteiger partial charge < -0.3 is 14.8 Å². The van der Waals surface area contributed by atoms with Gasteiger partial charge in [0.25, 0.3) is 0 Å². The summed E-state index contributed by atoms with van der Waals surface area (Å²) in [7, 11) is -0.969. The highest BCUT2D eigenvalue weighted by Crippen LogP contribution is 2.33. The van der Waals surface area contributed by atoms with E-state index in [4.69, 9.17) is 9.47 Å². The number of methoxy groups -OCH3 is 2. The van der Waals surface area contributed by atoms with Crippen LogP contribution in [0.3, 0.4) is 0 Å². The van der Waals surface area contributed by atoms with Gasteiger partial charge in [-0.1, -0.05) is 47.3 Å². The molecule has 0 aromatic heterocycles. The van der Waals surface area contributed by atoms with Crippen molar-refractivity contribution in [1.82, 2.24) is 9.62 Å². The molecule has 9 heteroatoms. The molecule has 2 aromatic rings. The number of sulfonamides is 1. The van der Waals surface area contributed by atoms with Crippen LogP contribution in [-0.2, 0) is 14.8 Å². The topological polar surface area (TPSA) is 84.9 Å². The molecule has 0 spiro atoms. The third kappa shape index (κ3) is 6.28. The number of carbonyl (C=O) groups excluding carboxylic acids is 1. The number of hydrogen-bond donors (Lipinski definition) is 1. The molecule has 1 aliphatic carbocycles. The van der Waals surface area contributed by atoms with E-state index in [-0.39, 0.29) is 29.4 Å². The molecule has 180 valence electrons. The summed E-state index contributed by atoms with van der Waals surface area (Å²) in [5.41, 5.74) is 0.943. The van der Waals surface area contributed by atoms with E-state index in [1.165, 1.54) is 30.7 Å². The maximum atomic E-state index is 13.7. The minimum atomic E-state index is -3.93. The Bertz CT molecular complexity index is 1050. The van der Waals surface area contributed by atoms with Crippen molar-refractivity contribution in [1.29, 1.82) is 0 Å². The maximum absolute atomic E-state index is 13.7. The summed E-state index contributed by atoms with van der Waals surface area (Å²) in [5, 5.41) is 2.94. The number of rotatable bonds is 9. The van der Waals surface area contributed by atoms with Crippen LogP contribution >= 0.6 is 15.9 Å². The van der Waals surface area contributed by atoms with Gasteiger partial charge in [-0.3, -0.25) is 4.79 Å². The van der Waals surface area contributed by atoms with Crippen LogP contribution in [0.4, 0.5) is 0 Å². The Morgan fingerprint density at radius 2 is 1.70 bits per heavy atom. The molecule has 0 saturated heterocycles. The Morgan fingerprint density at radius 1 is 1.06 bits per heavy atom. The van der Waals surface area contributed by atoms with Gasteiger partial charge in [0, 0.05) is 16.6 Å². The minimum Gasteiger partial charge on any atom is -0.493 e. The van der Waals surface area contributed by atoms with E-state index in [2.05, 4.69) is 21.2 Å². The van der Waals surface area contributed by atoms with Gasteiger partial charge in [-0.05, 0) is 49.6 Å². The number of halogens is 1. The van der Waals surface area contributed by atoms with E-state index < -0.39 is 10.0 Å². The van der Waals surface area contributed by atoms with Crippen molar-refractivity contribution in [2.75, 3.05) is 20.8 Å². The molecule has 3 rings (SSSR count). The first-order valence-electron chi connectivity index (χ1n) is 11.0. The molecule has 33 heavy (non-hydrogen) atoms. The third-order valence-corrected chi connectivity index (χ3v) is 8.41. The normalized spacial score (nSPS) is 15.8. The van der Waals surface area contributed by atoms with Gasteiger partial charge in [0.1, 0.15) is 0 Å². The number of nitrogens with zero attached hydrogens (tertiary/aromatic N) is 1. The van der Waals surface area contributed by atoms with Crippen molar-refractivity contribution in [2.24, 2.45) is 0 Å². The van der Waals surface area contributed by atoms with Crippen LogP contribution in [0.2, 0.25) is 0 Å². The lowest BCUT2D eigenvalue weighted by Gasteiger charge is -2.33. The largest absolute Gasteiger partial charge is 0.493 e. The molecule has 1 saturated carbocycles. The average molecular weight is 539 g/mol. The van der Waals surface area contributed by atoms with Gasteiger partial charge in [0.15, 0.2) is 11.5 Å². The molecule has 1 aliphatic rings. The second-order valence-electron chi connectivity index (χ2n) is 8.20. The number of amides is 1. The Kier molecular flexibility index (Phi) is 8.78. The van der Waals surface area contributed by atoms with Crippen molar-refractivity contribution >= 4 is 31.9 Å². The summed E-state index contributed by atoms with van der Waals surface area (Å²) in [6, 6.07) is 11.7. The summed E-state index contributed by atoms with van der Waals surface area (Å²) in [6.45, 7) is 1.65. The van der Waals surface area contributed by atoms with Gasteiger partial charge in [-0.2, -0.15) is 4.31 Å². The summed E-state index contributed by atoms with van der Waals surface area (Å²) in [6.07, 6.45) is 4.44. The summed E-state index contributed by atoms with van der Waals surface area (Å²) < 4.78 is 40.2. The second-order valence-corrected chi connectivity index (χ2v) is 11.0. The highest BCUT2D eigenvalue weighted by molar-refractivity contribution is 9.10. The standard InChI is InChI=1S/C24H31BrN2O5S/c1-17(18-9-11-19(25)12-10-18)26-24(28)16-27(20-7-5-4-6-8-20)33(29,30)21-13-14-22(31-2)23(15-21)32-3/h9-15,17,20H,4-8,16H2,1-3H3,(H,26,28)/t17-/m0/s1. The van der Waals surface area contributed by atoms with Crippen LogP contribution in [0.1, 0.15) is 50.6 Å². The molecule has 0 radical (unpaired) electrons. The number of ether oxygens (including phenoxy) is 2. The molecular weight excluding hydrogens is 508 g/mol. The molecule has 1 fully saturated rings. The van der Waals surface area contributed by atoms with E-state index in [0.29, 0.717) is 11.5 Å². The summed E-state index contributed by atoms with van der Waals surface area (Å²) >= 11 is 3.41. The van der Waals surface area contributed by atoms with Gasteiger partial charge in [0.05, 0.1) is 31.7 Å². The van der Waals surface area contributed by atoms with E-state index in [1.807, 2.05) is 31.2 Å². The Morgan fingerprint density at radius 3 is 2.30 bits per heavy atom. The number of benzene rings is 2. The average Bonchev–Trinajstić information content (AvgIpc) is 2.82. The molecule has 2 aromatic carbocycles. The first kappa shape index (κ1) is 25.5.